The third-order valence-electron chi connectivity index (χ3n) is 11.0. The summed E-state index contributed by atoms with van der Waals surface area (Å²) < 4.78 is 30.5. The maximum atomic E-state index is 12.2. The second-order valence-corrected chi connectivity index (χ2v) is 14.2. The molecule has 0 radical (unpaired) electrons. The van der Waals surface area contributed by atoms with Crippen molar-refractivity contribution in [2.45, 2.75) is 96.9 Å². The first-order valence-corrected chi connectivity index (χ1v) is 15.1. The molecule has 9 nitrogen and oxygen atoms in total. The fraction of sp³-hybridized carbons (Fsp3) is 0.962. The average molecular weight is 558 g/mol. The molecule has 0 heterocycles. The molecular weight excluding hydrogens is 509 g/mol. The van der Waals surface area contributed by atoms with Gasteiger partial charge in [0.2, 0.25) is 5.91 Å². The third-order valence-corrected chi connectivity index (χ3v) is 11.7. The Labute approximate surface area is 243 Å². The van der Waals surface area contributed by atoms with Gasteiger partial charge in [-0.15, -0.1) is 0 Å². The molecule has 4 aliphatic rings. The van der Waals surface area contributed by atoms with Gasteiger partial charge in [0.05, 0.1) is 24.1 Å². The van der Waals surface area contributed by atoms with Gasteiger partial charge in [0.1, 0.15) is 0 Å². The molecular formula is C26H48NNaO8S. The minimum absolute atomic E-state index is 0. The van der Waals surface area contributed by atoms with Crippen LogP contribution in [-0.2, 0) is 14.9 Å². The van der Waals surface area contributed by atoms with Crippen molar-refractivity contribution in [2.75, 3.05) is 12.3 Å². The van der Waals surface area contributed by atoms with Crippen LogP contribution in [0.2, 0.25) is 0 Å². The topological polar surface area (TPSA) is 176 Å². The Morgan fingerprint density at radius 2 is 1.73 bits per heavy atom. The maximum absolute atomic E-state index is 12.2. The first-order valence-electron chi connectivity index (χ1n) is 13.5. The zero-order chi connectivity index (χ0) is 25.8. The van der Waals surface area contributed by atoms with Crippen molar-refractivity contribution < 1.29 is 38.6 Å². The molecule has 0 aromatic carbocycles. The summed E-state index contributed by atoms with van der Waals surface area (Å²) >= 11 is 0. The van der Waals surface area contributed by atoms with Crippen molar-refractivity contribution >= 4 is 45.6 Å². The van der Waals surface area contributed by atoms with E-state index >= 15 is 0 Å². The zero-order valence-electron chi connectivity index (χ0n) is 21.9. The van der Waals surface area contributed by atoms with E-state index in [4.69, 9.17) is 4.55 Å². The molecule has 4 fully saturated rings. The molecule has 0 aromatic heterocycles. The summed E-state index contributed by atoms with van der Waals surface area (Å²) in [5.74, 6) is 0.705. The second-order valence-electron chi connectivity index (χ2n) is 12.7. The van der Waals surface area contributed by atoms with Gasteiger partial charge in [-0.05, 0) is 97.7 Å². The summed E-state index contributed by atoms with van der Waals surface area (Å²) in [6.45, 7) is 6.56. The summed E-state index contributed by atoms with van der Waals surface area (Å²) in [7, 11) is -4.10. The number of aliphatic hydroxyl groups excluding tert-OH is 3. The quantitative estimate of drug-likeness (QED) is 0.228. The normalized spacial score (nSPS) is 43.8. The third kappa shape index (κ3) is 6.43. The summed E-state index contributed by atoms with van der Waals surface area (Å²) in [5, 5.41) is 35.8. The Morgan fingerprint density at radius 1 is 1.05 bits per heavy atom. The van der Waals surface area contributed by atoms with Crippen LogP contribution in [0, 0.1) is 46.3 Å². The van der Waals surface area contributed by atoms with E-state index in [1.807, 2.05) is 0 Å². The van der Waals surface area contributed by atoms with Gasteiger partial charge in [-0.1, -0.05) is 20.8 Å². The molecule has 0 aromatic rings. The number of fused-ring (bicyclic) bond motifs is 5. The average Bonchev–Trinajstić information content (AvgIpc) is 3.12. The zero-order valence-corrected chi connectivity index (χ0v) is 22.7. The van der Waals surface area contributed by atoms with Gasteiger partial charge in [0, 0.05) is 13.0 Å². The number of hydrogen-bond donors (Lipinski definition) is 5. The molecule has 1 unspecified atom stereocenters. The fourth-order valence-electron chi connectivity index (χ4n) is 9.10. The number of amides is 1. The van der Waals surface area contributed by atoms with Crippen molar-refractivity contribution in [3.8, 4) is 0 Å². The number of carbonyl (C=O) groups excluding carboxylic acids is 1. The number of nitrogens with one attached hydrogen (secondary N) is 1. The van der Waals surface area contributed by atoms with Crippen molar-refractivity contribution in [1.29, 1.82) is 0 Å². The monoisotopic (exact) mass is 557 g/mol. The molecule has 37 heavy (non-hydrogen) atoms. The van der Waals surface area contributed by atoms with Crippen LogP contribution in [0.3, 0.4) is 0 Å². The van der Waals surface area contributed by atoms with E-state index in [9.17, 15) is 28.5 Å². The van der Waals surface area contributed by atoms with Crippen LogP contribution in [0.5, 0.6) is 0 Å². The Kier molecular flexibility index (Phi) is 11.2. The summed E-state index contributed by atoms with van der Waals surface area (Å²) in [6, 6.07) is 0. The predicted molar refractivity (Wildman–Crippen MR) is 143 cm³/mol. The van der Waals surface area contributed by atoms with Crippen LogP contribution in [0.25, 0.3) is 0 Å². The Balaban J connectivity index is 0.00000241. The molecule has 7 N–H and O–H groups in total. The Hall–Kier alpha value is 0.220. The van der Waals surface area contributed by atoms with Gasteiger partial charge >= 0.3 is 29.6 Å². The Bertz CT molecular complexity index is 905. The van der Waals surface area contributed by atoms with Crippen molar-refractivity contribution in [3.63, 3.8) is 0 Å². The summed E-state index contributed by atoms with van der Waals surface area (Å²) in [6.07, 6.45) is 5.67. The molecule has 0 aliphatic heterocycles. The van der Waals surface area contributed by atoms with E-state index in [2.05, 4.69) is 26.1 Å². The molecule has 4 aliphatic carbocycles. The van der Waals surface area contributed by atoms with Gasteiger partial charge in [-0.3, -0.25) is 9.35 Å². The van der Waals surface area contributed by atoms with E-state index in [0.717, 1.165) is 38.5 Å². The van der Waals surface area contributed by atoms with Gasteiger partial charge in [-0.25, -0.2) is 0 Å². The standard InChI is InChI=1S/C26H45NO7S.Na.H2O.H/c1-15(4-7-23(31)27-10-11-35(32,33)34)18-5-6-19-24-20(14-22(30)26(18,19)3)25(2)9-8-17(28)12-16(25)13-21(24)29;;;/h15-22,24,28-30H,4-14H2,1-3H3,(H,27,31)(H,32,33,34);;1H2;/t15-,16?,17-,18-,19+,20+,21-,22+,24+,25+,26-;;;/m1.../s1. The molecule has 4 rings (SSSR count). The second kappa shape index (κ2) is 12.4. The van der Waals surface area contributed by atoms with Crippen LogP contribution in [0.15, 0.2) is 0 Å². The van der Waals surface area contributed by atoms with Crippen LogP contribution in [0.4, 0.5) is 0 Å². The predicted octanol–water partition coefficient (Wildman–Crippen LogP) is 0.895. The van der Waals surface area contributed by atoms with E-state index in [1.165, 1.54) is 0 Å². The van der Waals surface area contributed by atoms with Crippen LogP contribution < -0.4 is 5.32 Å². The summed E-state index contributed by atoms with van der Waals surface area (Å²) in [4.78, 5) is 12.2. The molecule has 4 saturated carbocycles. The fourth-order valence-corrected chi connectivity index (χ4v) is 9.46. The summed E-state index contributed by atoms with van der Waals surface area (Å²) in [5.41, 5.74) is -0.254. The SMILES string of the molecule is C[C@H](CCC(=O)NCCS(=O)(=O)O)[C@H]1CC[C@H]2[C@@H]3[C@H](O)CC4C[C@H](O)CC[C@]4(C)[C@H]3C[C@H](O)[C@]12C.O.[NaH]. The first kappa shape index (κ1) is 33.4. The van der Waals surface area contributed by atoms with Gasteiger partial charge in [0.25, 0.3) is 10.1 Å². The molecule has 1 amide bonds. The van der Waals surface area contributed by atoms with E-state index < -0.39 is 28.1 Å². The van der Waals surface area contributed by atoms with Gasteiger partial charge < -0.3 is 26.1 Å². The van der Waals surface area contributed by atoms with Crippen LogP contribution in [-0.4, -0.2) is 99.8 Å². The molecule has 0 saturated heterocycles. The van der Waals surface area contributed by atoms with Gasteiger partial charge in [-0.2, -0.15) is 8.42 Å². The molecule has 0 spiro atoms. The van der Waals surface area contributed by atoms with Crippen LogP contribution >= 0.6 is 0 Å². The molecule has 11 atom stereocenters. The number of carbonyl (C=O) groups is 1. The Morgan fingerprint density at radius 3 is 2.38 bits per heavy atom. The molecule has 11 heteroatoms. The van der Waals surface area contributed by atoms with Crippen molar-refractivity contribution in [2.24, 2.45) is 46.3 Å². The number of rotatable bonds is 7. The minimum atomic E-state index is -4.10. The number of aliphatic hydroxyl groups is 3. The van der Waals surface area contributed by atoms with Crippen LogP contribution in [0.1, 0.15) is 78.6 Å². The first-order chi connectivity index (χ1) is 16.3. The van der Waals surface area contributed by atoms with Crippen molar-refractivity contribution in [3.05, 3.63) is 0 Å². The molecule has 0 bridgehead atoms. The van der Waals surface area contributed by atoms with Crippen molar-refractivity contribution in [1.82, 2.24) is 5.32 Å². The van der Waals surface area contributed by atoms with E-state index in [1.54, 1.807) is 0 Å². The van der Waals surface area contributed by atoms with E-state index in [0.29, 0.717) is 18.8 Å². The van der Waals surface area contributed by atoms with Gasteiger partial charge in [0.15, 0.2) is 0 Å². The molecule has 212 valence electrons. The number of hydrogen-bond acceptors (Lipinski definition) is 6. The van der Waals surface area contributed by atoms with E-state index in [-0.39, 0.29) is 100 Å².